The van der Waals surface area contributed by atoms with Crippen molar-refractivity contribution in [2.75, 3.05) is 24.7 Å². The molecule has 0 bridgehead atoms. The Hall–Kier alpha value is -7.26. The molecule has 2 unspecified atom stereocenters. The van der Waals surface area contributed by atoms with Gasteiger partial charge >= 0.3 is 11.9 Å². The molecule has 0 amide bonds. The van der Waals surface area contributed by atoms with E-state index in [1.165, 1.54) is 23.5 Å². The highest BCUT2D eigenvalue weighted by Gasteiger charge is 2.26. The maximum atomic E-state index is 14.1. The van der Waals surface area contributed by atoms with Crippen LogP contribution in [0.15, 0.2) is 218 Å². The average Bonchev–Trinajstić information content (AvgIpc) is 3.41. The van der Waals surface area contributed by atoms with Crippen molar-refractivity contribution in [2.24, 2.45) is 0 Å². The summed E-state index contributed by atoms with van der Waals surface area (Å²) >= 11 is 2.49. The zero-order chi connectivity index (χ0) is 46.9. The molecule has 8 rings (SSSR count). The Morgan fingerprint density at radius 2 is 0.574 bits per heavy atom. The Morgan fingerprint density at radius 1 is 0.324 bits per heavy atom. The van der Waals surface area contributed by atoms with E-state index in [9.17, 15) is 19.2 Å². The lowest BCUT2D eigenvalue weighted by Crippen LogP contribution is -2.16. The molecular formula is C60H50O6S2. The standard InChI is InChI=1S/C60H50O6S2/c61-55(41-67-59(53-35-27-49(28-36-53)45-19-9-3-10-20-45)57(63)51-31-23-47(24-32-51)43-15-5-1-6-16-43)65-39-13-14-40-66-56(62)42-68-60(54-37-29-50(30-38-54)46-21-11-4-12-22-46)58(64)52-33-25-48(26-34-52)44-17-7-2-8-18-44/h1-12,15-38,59-60H,13-14,39-42H2. The Balaban J connectivity index is 0.827. The second-order valence-electron chi connectivity index (χ2n) is 16.1. The van der Waals surface area contributed by atoms with Crippen LogP contribution in [0.1, 0.15) is 55.2 Å². The molecule has 0 radical (unpaired) electrons. The molecule has 0 N–H and O–H groups in total. The zero-order valence-corrected chi connectivity index (χ0v) is 39.1. The van der Waals surface area contributed by atoms with E-state index in [0.29, 0.717) is 24.0 Å². The van der Waals surface area contributed by atoms with Gasteiger partial charge in [-0.3, -0.25) is 19.2 Å². The Morgan fingerprint density at radius 3 is 0.853 bits per heavy atom. The predicted octanol–water partition coefficient (Wildman–Crippen LogP) is 14.2. The lowest BCUT2D eigenvalue weighted by atomic mass is 9.97. The average molecular weight is 931 g/mol. The van der Waals surface area contributed by atoms with E-state index in [1.807, 2.05) is 218 Å². The van der Waals surface area contributed by atoms with Gasteiger partial charge in [0.25, 0.3) is 0 Å². The number of unbranched alkanes of at least 4 members (excludes halogenated alkanes) is 1. The van der Waals surface area contributed by atoms with E-state index in [0.717, 1.165) is 55.6 Å². The first-order chi connectivity index (χ1) is 33.4. The van der Waals surface area contributed by atoms with Crippen molar-refractivity contribution in [3.63, 3.8) is 0 Å². The van der Waals surface area contributed by atoms with Crippen molar-refractivity contribution >= 4 is 47.0 Å². The minimum atomic E-state index is -0.629. The number of ether oxygens (including phenoxy) is 2. The van der Waals surface area contributed by atoms with Crippen molar-refractivity contribution in [1.82, 2.24) is 0 Å². The molecule has 0 fully saturated rings. The number of carbonyl (C=O) groups excluding carboxylic acids is 4. The molecule has 0 aromatic heterocycles. The molecule has 8 aromatic rings. The molecule has 0 aliphatic heterocycles. The van der Waals surface area contributed by atoms with Gasteiger partial charge in [0.15, 0.2) is 11.6 Å². The van der Waals surface area contributed by atoms with Gasteiger partial charge < -0.3 is 9.47 Å². The molecule has 0 spiro atoms. The number of Topliss-reactive ketones (excluding diaryl/α,β-unsaturated/α-hetero) is 2. The number of thioether (sulfide) groups is 2. The minimum absolute atomic E-state index is 0.0167. The van der Waals surface area contributed by atoms with E-state index in [1.54, 1.807) is 0 Å². The van der Waals surface area contributed by atoms with E-state index in [4.69, 9.17) is 9.47 Å². The summed E-state index contributed by atoms with van der Waals surface area (Å²) in [4.78, 5) is 54.3. The van der Waals surface area contributed by atoms with Crippen LogP contribution in [-0.4, -0.2) is 48.2 Å². The highest BCUT2D eigenvalue weighted by molar-refractivity contribution is 8.01. The third-order valence-corrected chi connectivity index (χ3v) is 13.9. The maximum Gasteiger partial charge on any atom is 0.315 e. The van der Waals surface area contributed by atoms with E-state index in [2.05, 4.69) is 0 Å². The fraction of sp³-hybridized carbons (Fsp3) is 0.133. The number of carbonyl (C=O) groups is 4. The Labute approximate surface area is 406 Å². The number of hydrogen-bond donors (Lipinski definition) is 0. The van der Waals surface area contributed by atoms with Crippen molar-refractivity contribution in [3.05, 3.63) is 241 Å². The first kappa shape index (κ1) is 47.2. The second kappa shape index (κ2) is 24.0. The van der Waals surface area contributed by atoms with Crippen LogP contribution in [0.2, 0.25) is 0 Å². The van der Waals surface area contributed by atoms with Crippen LogP contribution in [0.4, 0.5) is 0 Å². The first-order valence-corrected chi connectivity index (χ1v) is 24.7. The summed E-state index contributed by atoms with van der Waals surface area (Å²) in [7, 11) is 0. The van der Waals surface area contributed by atoms with Crippen molar-refractivity contribution in [1.29, 1.82) is 0 Å². The Kier molecular flexibility index (Phi) is 16.6. The van der Waals surface area contributed by atoms with Crippen LogP contribution in [0.3, 0.4) is 0 Å². The molecule has 6 nitrogen and oxygen atoms in total. The topological polar surface area (TPSA) is 86.7 Å². The SMILES string of the molecule is O=C(CSC(C(=O)c1ccc(-c2ccccc2)cc1)c1ccc(-c2ccccc2)cc1)OCCCCOC(=O)CSC(C(=O)c1ccc(-c2ccccc2)cc1)c1ccc(-c2ccccc2)cc1. The maximum absolute atomic E-state index is 14.1. The van der Waals surface area contributed by atoms with Crippen molar-refractivity contribution in [2.45, 2.75) is 23.3 Å². The third kappa shape index (κ3) is 12.8. The van der Waals surface area contributed by atoms with Gasteiger partial charge in [0.05, 0.1) is 35.2 Å². The van der Waals surface area contributed by atoms with Crippen LogP contribution in [-0.2, 0) is 19.1 Å². The lowest BCUT2D eigenvalue weighted by molar-refractivity contribution is -0.142. The zero-order valence-electron chi connectivity index (χ0n) is 37.4. The summed E-state index contributed by atoms with van der Waals surface area (Å²) in [5, 5.41) is -1.26. The van der Waals surface area contributed by atoms with Crippen molar-refractivity contribution in [3.8, 4) is 44.5 Å². The summed E-state index contributed by atoms with van der Waals surface area (Å²) < 4.78 is 11.1. The van der Waals surface area contributed by atoms with Gasteiger partial charge in [-0.1, -0.05) is 218 Å². The summed E-state index contributed by atoms with van der Waals surface area (Å²) in [5.74, 6) is -1.07. The molecular weight excluding hydrogens is 881 g/mol. The molecule has 8 aromatic carbocycles. The van der Waals surface area contributed by atoms with E-state index in [-0.39, 0.29) is 36.3 Å². The van der Waals surface area contributed by atoms with Crippen LogP contribution in [0, 0.1) is 0 Å². The first-order valence-electron chi connectivity index (χ1n) is 22.6. The van der Waals surface area contributed by atoms with Gasteiger partial charge in [0.2, 0.25) is 0 Å². The van der Waals surface area contributed by atoms with Crippen LogP contribution in [0.5, 0.6) is 0 Å². The molecule has 0 saturated heterocycles. The van der Waals surface area contributed by atoms with Gasteiger partial charge in [-0.15, -0.1) is 23.5 Å². The van der Waals surface area contributed by atoms with Gasteiger partial charge in [-0.05, 0) is 68.5 Å². The number of benzene rings is 8. The molecule has 8 heteroatoms. The number of rotatable bonds is 21. The van der Waals surface area contributed by atoms with Gasteiger partial charge in [0.1, 0.15) is 0 Å². The minimum Gasteiger partial charge on any atom is -0.465 e. The van der Waals surface area contributed by atoms with Crippen molar-refractivity contribution < 1.29 is 28.7 Å². The number of esters is 2. The van der Waals surface area contributed by atoms with Gasteiger partial charge in [-0.2, -0.15) is 0 Å². The fourth-order valence-electron chi connectivity index (χ4n) is 7.79. The highest BCUT2D eigenvalue weighted by atomic mass is 32.2. The molecule has 0 heterocycles. The fourth-order valence-corrected chi connectivity index (χ4v) is 9.83. The molecule has 0 aliphatic rings. The van der Waals surface area contributed by atoms with Gasteiger partial charge in [0, 0.05) is 11.1 Å². The van der Waals surface area contributed by atoms with E-state index >= 15 is 0 Å². The second-order valence-corrected chi connectivity index (χ2v) is 18.3. The number of hydrogen-bond acceptors (Lipinski definition) is 8. The molecule has 68 heavy (non-hydrogen) atoms. The van der Waals surface area contributed by atoms with Crippen LogP contribution in [0.25, 0.3) is 44.5 Å². The quantitative estimate of drug-likeness (QED) is 0.0400. The highest BCUT2D eigenvalue weighted by Crippen LogP contribution is 2.36. The van der Waals surface area contributed by atoms with Crippen LogP contribution >= 0.6 is 23.5 Å². The lowest BCUT2D eigenvalue weighted by Gasteiger charge is -2.17. The molecule has 338 valence electrons. The molecule has 0 saturated carbocycles. The summed E-state index contributed by atoms with van der Waals surface area (Å²) in [6.45, 7) is 0.297. The van der Waals surface area contributed by atoms with Gasteiger partial charge in [-0.25, -0.2) is 0 Å². The normalized spacial score (nSPS) is 11.8. The van der Waals surface area contributed by atoms with E-state index < -0.39 is 22.4 Å². The largest absolute Gasteiger partial charge is 0.465 e. The summed E-state index contributed by atoms with van der Waals surface area (Å²) in [5.41, 5.74) is 11.1. The molecule has 2 atom stereocenters. The van der Waals surface area contributed by atoms with Crippen LogP contribution < -0.4 is 0 Å². The number of ketones is 2. The summed E-state index contributed by atoms with van der Waals surface area (Å²) in [6.07, 6.45) is 0.976. The predicted molar refractivity (Wildman–Crippen MR) is 278 cm³/mol. The molecule has 0 aliphatic carbocycles. The summed E-state index contributed by atoms with van der Waals surface area (Å²) in [6, 6.07) is 71.1. The third-order valence-electron chi connectivity index (χ3n) is 11.5. The monoisotopic (exact) mass is 930 g/mol. The Bertz CT molecular complexity index is 2670. The smallest absolute Gasteiger partial charge is 0.315 e.